The Morgan fingerprint density at radius 2 is 1.89 bits per heavy atom. The van der Waals surface area contributed by atoms with Gasteiger partial charge in [0.05, 0.1) is 6.54 Å². The minimum Gasteiger partial charge on any atom is -0.460 e. The number of hydrogen-bond donors (Lipinski definition) is 1. The van der Waals surface area contributed by atoms with Crippen molar-refractivity contribution >= 4 is 0 Å². The number of rotatable bonds is 5. The van der Waals surface area contributed by atoms with Gasteiger partial charge in [-0.25, -0.2) is 0 Å². The van der Waals surface area contributed by atoms with Crippen LogP contribution in [-0.2, 0) is 6.54 Å². The molecule has 100 valence electrons. The first kappa shape index (κ1) is 12.5. The van der Waals surface area contributed by atoms with Crippen LogP contribution in [0.2, 0.25) is 0 Å². The zero-order valence-corrected chi connectivity index (χ0v) is 11.5. The lowest BCUT2D eigenvalue weighted by molar-refractivity contribution is 0.420. The Labute approximate surface area is 114 Å². The average Bonchev–Trinajstić information content (AvgIpc) is 2.84. The van der Waals surface area contributed by atoms with Crippen molar-refractivity contribution in [3.63, 3.8) is 0 Å². The van der Waals surface area contributed by atoms with E-state index in [9.17, 15) is 0 Å². The molecule has 2 heteroatoms. The highest BCUT2D eigenvalue weighted by Crippen LogP contribution is 2.37. The molecule has 1 aliphatic rings. The molecular weight excluding hydrogens is 234 g/mol. The highest BCUT2D eigenvalue weighted by Gasteiger charge is 2.19. The minimum absolute atomic E-state index is 0.801. The first-order valence-corrected chi connectivity index (χ1v) is 7.26. The summed E-state index contributed by atoms with van der Waals surface area (Å²) in [4.78, 5) is 0. The standard InChI is InChI=1S/C17H21NO/c1-2-18-12-16-10-11-17(19-16)15-8-6-14(7-9-15)13-4-3-5-13/h6-11,13,18H,2-5,12H2,1H3. The van der Waals surface area contributed by atoms with Gasteiger partial charge in [-0.2, -0.15) is 0 Å². The SMILES string of the molecule is CCNCc1ccc(-c2ccc(C3CCC3)cc2)o1. The van der Waals surface area contributed by atoms with Gasteiger partial charge in [0.2, 0.25) is 0 Å². The maximum Gasteiger partial charge on any atom is 0.134 e. The minimum atomic E-state index is 0.801. The Kier molecular flexibility index (Phi) is 3.69. The Morgan fingerprint density at radius 3 is 2.53 bits per heavy atom. The maximum atomic E-state index is 5.85. The van der Waals surface area contributed by atoms with Gasteiger partial charge < -0.3 is 9.73 Å². The van der Waals surface area contributed by atoms with E-state index in [1.807, 2.05) is 0 Å². The molecule has 1 N–H and O–H groups in total. The third kappa shape index (κ3) is 2.74. The molecule has 0 spiro atoms. The molecule has 1 heterocycles. The molecule has 1 aromatic heterocycles. The van der Waals surface area contributed by atoms with Crippen LogP contribution < -0.4 is 5.32 Å². The fraction of sp³-hybridized carbons (Fsp3) is 0.412. The smallest absolute Gasteiger partial charge is 0.134 e. The lowest BCUT2D eigenvalue weighted by atomic mass is 9.80. The maximum absolute atomic E-state index is 5.85. The molecule has 0 saturated heterocycles. The summed E-state index contributed by atoms with van der Waals surface area (Å²) in [5, 5.41) is 3.27. The number of benzene rings is 1. The van der Waals surface area contributed by atoms with E-state index in [1.165, 1.54) is 30.4 Å². The molecule has 19 heavy (non-hydrogen) atoms. The summed E-state index contributed by atoms with van der Waals surface area (Å²) in [6.45, 7) is 3.87. The van der Waals surface area contributed by atoms with E-state index in [0.29, 0.717) is 0 Å². The summed E-state index contributed by atoms with van der Waals surface area (Å²) in [7, 11) is 0. The van der Waals surface area contributed by atoms with E-state index in [0.717, 1.165) is 30.5 Å². The summed E-state index contributed by atoms with van der Waals surface area (Å²) in [6.07, 6.45) is 4.10. The van der Waals surface area contributed by atoms with Gasteiger partial charge in [0.15, 0.2) is 0 Å². The van der Waals surface area contributed by atoms with Gasteiger partial charge in [-0.05, 0) is 43.0 Å². The number of nitrogens with one attached hydrogen (secondary N) is 1. The molecule has 0 bridgehead atoms. The molecule has 0 aliphatic heterocycles. The van der Waals surface area contributed by atoms with Gasteiger partial charge in [0, 0.05) is 5.56 Å². The second-order valence-electron chi connectivity index (χ2n) is 5.30. The highest BCUT2D eigenvalue weighted by atomic mass is 16.3. The zero-order chi connectivity index (χ0) is 13.1. The van der Waals surface area contributed by atoms with Crippen LogP contribution in [0, 0.1) is 0 Å². The summed E-state index contributed by atoms with van der Waals surface area (Å²) in [5.74, 6) is 2.77. The molecule has 0 unspecified atom stereocenters. The van der Waals surface area contributed by atoms with Crippen molar-refractivity contribution in [2.75, 3.05) is 6.54 Å². The van der Waals surface area contributed by atoms with Gasteiger partial charge in [-0.1, -0.05) is 37.6 Å². The second-order valence-corrected chi connectivity index (χ2v) is 5.30. The quantitative estimate of drug-likeness (QED) is 0.860. The predicted molar refractivity (Wildman–Crippen MR) is 78.1 cm³/mol. The van der Waals surface area contributed by atoms with Crippen molar-refractivity contribution in [2.45, 2.75) is 38.6 Å². The van der Waals surface area contributed by atoms with Crippen LogP contribution in [0.1, 0.15) is 43.4 Å². The second kappa shape index (κ2) is 5.62. The van der Waals surface area contributed by atoms with Crippen molar-refractivity contribution in [1.82, 2.24) is 5.32 Å². The topological polar surface area (TPSA) is 25.2 Å². The summed E-state index contributed by atoms with van der Waals surface area (Å²) in [6, 6.07) is 13.0. The van der Waals surface area contributed by atoms with E-state index in [1.54, 1.807) is 0 Å². The molecule has 1 saturated carbocycles. The van der Waals surface area contributed by atoms with Crippen LogP contribution >= 0.6 is 0 Å². The van der Waals surface area contributed by atoms with Crippen LogP contribution in [0.15, 0.2) is 40.8 Å². The highest BCUT2D eigenvalue weighted by molar-refractivity contribution is 5.58. The van der Waals surface area contributed by atoms with E-state index < -0.39 is 0 Å². The Bertz CT molecular complexity index is 522. The van der Waals surface area contributed by atoms with Crippen molar-refractivity contribution in [2.24, 2.45) is 0 Å². The van der Waals surface area contributed by atoms with Crippen molar-refractivity contribution in [3.05, 3.63) is 47.7 Å². The molecule has 0 radical (unpaired) electrons. The normalized spacial score (nSPS) is 15.4. The summed E-state index contributed by atoms with van der Waals surface area (Å²) in [5.41, 5.74) is 2.65. The summed E-state index contributed by atoms with van der Waals surface area (Å²) >= 11 is 0. The summed E-state index contributed by atoms with van der Waals surface area (Å²) < 4.78 is 5.85. The van der Waals surface area contributed by atoms with Gasteiger partial charge in [0.25, 0.3) is 0 Å². The third-order valence-corrected chi connectivity index (χ3v) is 3.98. The predicted octanol–water partition coefficient (Wildman–Crippen LogP) is 4.32. The Hall–Kier alpha value is -1.54. The third-order valence-electron chi connectivity index (χ3n) is 3.98. The number of furan rings is 1. The molecule has 1 aliphatic carbocycles. The van der Waals surface area contributed by atoms with E-state index in [4.69, 9.17) is 4.42 Å². The largest absolute Gasteiger partial charge is 0.460 e. The Morgan fingerprint density at radius 1 is 1.11 bits per heavy atom. The van der Waals surface area contributed by atoms with Gasteiger partial charge >= 0.3 is 0 Å². The van der Waals surface area contributed by atoms with Crippen LogP contribution in [0.4, 0.5) is 0 Å². The lowest BCUT2D eigenvalue weighted by Crippen LogP contribution is -2.10. The Balaban J connectivity index is 1.72. The fourth-order valence-electron chi connectivity index (χ4n) is 2.54. The number of hydrogen-bond acceptors (Lipinski definition) is 2. The van der Waals surface area contributed by atoms with Gasteiger partial charge in [-0.3, -0.25) is 0 Å². The molecule has 1 aromatic carbocycles. The average molecular weight is 255 g/mol. The van der Waals surface area contributed by atoms with E-state index in [-0.39, 0.29) is 0 Å². The molecular formula is C17H21NO. The van der Waals surface area contributed by atoms with Crippen LogP contribution in [-0.4, -0.2) is 6.54 Å². The van der Waals surface area contributed by atoms with Crippen molar-refractivity contribution in [3.8, 4) is 11.3 Å². The zero-order valence-electron chi connectivity index (χ0n) is 11.5. The fourth-order valence-corrected chi connectivity index (χ4v) is 2.54. The molecule has 2 aromatic rings. The molecule has 3 rings (SSSR count). The van der Waals surface area contributed by atoms with Crippen LogP contribution in [0.25, 0.3) is 11.3 Å². The van der Waals surface area contributed by atoms with Crippen LogP contribution in [0.3, 0.4) is 0 Å². The first-order chi connectivity index (χ1) is 9.36. The first-order valence-electron chi connectivity index (χ1n) is 7.26. The van der Waals surface area contributed by atoms with Gasteiger partial charge in [0.1, 0.15) is 11.5 Å². The monoisotopic (exact) mass is 255 g/mol. The van der Waals surface area contributed by atoms with Crippen molar-refractivity contribution < 1.29 is 4.42 Å². The molecule has 0 atom stereocenters. The molecule has 2 nitrogen and oxygen atoms in total. The van der Waals surface area contributed by atoms with Crippen LogP contribution in [0.5, 0.6) is 0 Å². The van der Waals surface area contributed by atoms with Crippen molar-refractivity contribution in [1.29, 1.82) is 0 Å². The van der Waals surface area contributed by atoms with E-state index in [2.05, 4.69) is 48.6 Å². The molecule has 0 amide bonds. The lowest BCUT2D eigenvalue weighted by Gasteiger charge is -2.25. The van der Waals surface area contributed by atoms with E-state index >= 15 is 0 Å². The molecule has 1 fully saturated rings. The van der Waals surface area contributed by atoms with Gasteiger partial charge in [-0.15, -0.1) is 0 Å².